The van der Waals surface area contributed by atoms with E-state index >= 15 is 0 Å². The third kappa shape index (κ3) is 4.73. The van der Waals surface area contributed by atoms with Gasteiger partial charge >= 0.3 is 0 Å². The Morgan fingerprint density at radius 2 is 1.56 bits per heavy atom. The Balaban J connectivity index is 2.16. The molecule has 0 saturated carbocycles. The van der Waals surface area contributed by atoms with Crippen molar-refractivity contribution in [3.63, 3.8) is 0 Å². The highest BCUT2D eigenvalue weighted by atomic mass is 32.2. The van der Waals surface area contributed by atoms with Crippen LogP contribution in [-0.2, 0) is 10.0 Å². The molecule has 1 atom stereocenters. The number of unbranched alkanes of at least 4 members (excludes halogenated alkanes) is 2. The summed E-state index contributed by atoms with van der Waals surface area (Å²) in [6.45, 7) is 10.6. The van der Waals surface area contributed by atoms with Crippen LogP contribution in [-0.4, -0.2) is 19.8 Å². The van der Waals surface area contributed by atoms with Crippen molar-refractivity contribution in [1.82, 2.24) is 4.31 Å². The van der Waals surface area contributed by atoms with Crippen molar-refractivity contribution in [2.75, 3.05) is 7.11 Å². The zero-order valence-corrected chi connectivity index (χ0v) is 20.7. The number of nitrogens with zero attached hydrogens (tertiary/aromatic N) is 1. The van der Waals surface area contributed by atoms with Crippen LogP contribution >= 0.6 is 0 Å². The third-order valence-corrected chi connectivity index (χ3v) is 8.60. The van der Waals surface area contributed by atoms with Gasteiger partial charge in [-0.2, -0.15) is 0 Å². The Bertz CT molecular complexity index is 1000. The topological polar surface area (TPSA) is 46.6 Å². The van der Waals surface area contributed by atoms with Crippen LogP contribution < -0.4 is 4.74 Å². The normalized spacial score (nSPS) is 18.2. The molecule has 1 fully saturated rings. The molecule has 0 aliphatic carbocycles. The Kier molecular flexibility index (Phi) is 7.71. The molecule has 3 rings (SSSR count). The molecule has 4 nitrogen and oxygen atoms in total. The molecular formula is C27H37NO3S. The number of aryl methyl sites for hydroxylation is 1. The lowest BCUT2D eigenvalue weighted by molar-refractivity contribution is 0.167. The van der Waals surface area contributed by atoms with E-state index in [0.29, 0.717) is 17.0 Å². The maximum Gasteiger partial charge on any atom is 0.264 e. The zero-order valence-electron chi connectivity index (χ0n) is 19.9. The van der Waals surface area contributed by atoms with E-state index in [9.17, 15) is 8.42 Å². The largest absolute Gasteiger partial charge is 0.497 e. The summed E-state index contributed by atoms with van der Waals surface area (Å²) in [5, 5.41) is 0. The first-order valence-corrected chi connectivity index (χ1v) is 13.2. The predicted octanol–water partition coefficient (Wildman–Crippen LogP) is 7.02. The Morgan fingerprint density at radius 1 is 1.00 bits per heavy atom. The smallest absolute Gasteiger partial charge is 0.264 e. The highest BCUT2D eigenvalue weighted by molar-refractivity contribution is 7.89. The van der Waals surface area contributed by atoms with Gasteiger partial charge in [-0.25, -0.2) is 8.42 Å². The monoisotopic (exact) mass is 455 g/mol. The summed E-state index contributed by atoms with van der Waals surface area (Å²) in [7, 11) is -2.09. The highest BCUT2D eigenvalue weighted by Crippen LogP contribution is 2.58. The Morgan fingerprint density at radius 3 is 2.06 bits per heavy atom. The van der Waals surface area contributed by atoms with Crippen molar-refractivity contribution in [1.29, 1.82) is 0 Å². The van der Waals surface area contributed by atoms with Crippen LogP contribution in [0.2, 0.25) is 0 Å². The fourth-order valence-corrected chi connectivity index (χ4v) is 6.79. The van der Waals surface area contributed by atoms with Crippen molar-refractivity contribution < 1.29 is 13.2 Å². The summed E-state index contributed by atoms with van der Waals surface area (Å²) < 4.78 is 34.9. The van der Waals surface area contributed by atoms with E-state index in [1.165, 1.54) is 0 Å². The van der Waals surface area contributed by atoms with Gasteiger partial charge in [-0.3, -0.25) is 4.31 Å². The minimum atomic E-state index is -3.74. The summed E-state index contributed by atoms with van der Waals surface area (Å²) in [5.74, 6) is 0.770. The minimum absolute atomic E-state index is 0.157. The van der Waals surface area contributed by atoms with Gasteiger partial charge in [0.2, 0.25) is 0 Å². The van der Waals surface area contributed by atoms with E-state index in [1.54, 1.807) is 23.5 Å². The van der Waals surface area contributed by atoms with Gasteiger partial charge in [0.25, 0.3) is 10.0 Å². The highest BCUT2D eigenvalue weighted by Gasteiger charge is 2.52. The maximum atomic E-state index is 13.9. The molecule has 32 heavy (non-hydrogen) atoms. The lowest BCUT2D eigenvalue weighted by Crippen LogP contribution is -2.36. The van der Waals surface area contributed by atoms with Crippen molar-refractivity contribution in [2.45, 2.75) is 76.7 Å². The number of hydrogen-bond donors (Lipinski definition) is 0. The average Bonchev–Trinajstić information content (AvgIpc) is 3.09. The van der Waals surface area contributed by atoms with E-state index in [2.05, 4.69) is 20.4 Å². The summed E-state index contributed by atoms with van der Waals surface area (Å²) >= 11 is 0. The van der Waals surface area contributed by atoms with Gasteiger partial charge in [0.15, 0.2) is 0 Å². The second kappa shape index (κ2) is 10.1. The van der Waals surface area contributed by atoms with Crippen molar-refractivity contribution in [2.24, 2.45) is 5.41 Å². The minimum Gasteiger partial charge on any atom is -0.497 e. The number of sulfonamides is 1. The molecule has 0 N–H and O–H groups in total. The molecule has 1 aliphatic rings. The van der Waals surface area contributed by atoms with Crippen LogP contribution in [0, 0.1) is 12.3 Å². The van der Waals surface area contributed by atoms with Gasteiger partial charge in [-0.05, 0) is 56.0 Å². The van der Waals surface area contributed by atoms with Crippen LogP contribution in [0.25, 0.3) is 0 Å². The number of benzene rings is 2. The summed E-state index contributed by atoms with van der Waals surface area (Å²) in [4.78, 5) is 0.324. The average molecular weight is 456 g/mol. The Labute approximate surface area is 194 Å². The van der Waals surface area contributed by atoms with Crippen LogP contribution in [0.3, 0.4) is 0 Å². The third-order valence-electron chi connectivity index (χ3n) is 6.75. The van der Waals surface area contributed by atoms with Gasteiger partial charge in [0.05, 0.1) is 18.0 Å². The molecule has 1 saturated heterocycles. The quantitative estimate of drug-likeness (QED) is 0.387. The van der Waals surface area contributed by atoms with E-state index in [4.69, 9.17) is 4.74 Å². The van der Waals surface area contributed by atoms with E-state index in [-0.39, 0.29) is 11.5 Å². The molecule has 5 heteroatoms. The van der Waals surface area contributed by atoms with E-state index in [1.807, 2.05) is 43.3 Å². The number of allylic oxidation sites excluding steroid dienone is 1. The fraction of sp³-hybridized carbons (Fsp3) is 0.481. The van der Waals surface area contributed by atoms with Gasteiger partial charge in [-0.15, -0.1) is 0 Å². The molecule has 0 radical (unpaired) electrons. The number of hydrogen-bond acceptors (Lipinski definition) is 3. The number of ether oxygens (including phenoxy) is 1. The van der Waals surface area contributed by atoms with Crippen LogP contribution in [0.1, 0.15) is 76.0 Å². The van der Waals surface area contributed by atoms with Crippen LogP contribution in [0.5, 0.6) is 5.75 Å². The summed E-state index contributed by atoms with van der Waals surface area (Å²) in [6, 6.07) is 14.8. The van der Waals surface area contributed by atoms with E-state index in [0.717, 1.165) is 55.4 Å². The molecule has 1 aliphatic heterocycles. The van der Waals surface area contributed by atoms with Crippen LogP contribution in [0.4, 0.5) is 0 Å². The van der Waals surface area contributed by atoms with Crippen molar-refractivity contribution in [3.05, 3.63) is 71.9 Å². The van der Waals surface area contributed by atoms with Gasteiger partial charge < -0.3 is 4.74 Å². The molecule has 0 spiro atoms. The molecule has 174 valence electrons. The molecular weight excluding hydrogens is 418 g/mol. The van der Waals surface area contributed by atoms with Gasteiger partial charge in [-0.1, -0.05) is 75.9 Å². The second-order valence-corrected chi connectivity index (χ2v) is 10.9. The van der Waals surface area contributed by atoms with Crippen LogP contribution in [0.15, 0.2) is 65.7 Å². The van der Waals surface area contributed by atoms with Gasteiger partial charge in [0, 0.05) is 11.1 Å². The van der Waals surface area contributed by atoms with Crippen molar-refractivity contribution >= 4 is 10.0 Å². The molecule has 0 bridgehead atoms. The fourth-order valence-electron chi connectivity index (χ4n) is 5.05. The SMILES string of the molecule is C=C1CC(CCCC)(CCCC)C(c2ccc(OC)cc2)N1S(=O)(=O)c1ccc(C)cc1. The molecule has 0 amide bonds. The second-order valence-electron chi connectivity index (χ2n) is 9.10. The number of rotatable bonds is 10. The standard InChI is InChI=1S/C27H37NO3S/c1-6-8-18-27(19-9-7-2)20-22(4)28(26(27)23-12-14-24(31-5)15-13-23)32(29,30)25-16-10-21(3)11-17-25/h10-17,26H,4,6-9,18-20H2,1-3,5H3. The lowest BCUT2D eigenvalue weighted by Gasteiger charge is -2.39. The molecule has 1 unspecified atom stereocenters. The maximum absolute atomic E-state index is 13.9. The molecule has 1 heterocycles. The molecule has 2 aromatic rings. The molecule has 2 aromatic carbocycles. The zero-order chi connectivity index (χ0) is 23.4. The first-order valence-electron chi connectivity index (χ1n) is 11.7. The molecule has 0 aromatic heterocycles. The number of methoxy groups -OCH3 is 1. The Hall–Kier alpha value is -2.27. The first-order chi connectivity index (χ1) is 15.3. The summed E-state index contributed by atoms with van der Waals surface area (Å²) in [5.41, 5.74) is 2.58. The van der Waals surface area contributed by atoms with Gasteiger partial charge in [0.1, 0.15) is 5.75 Å². The first kappa shape index (κ1) is 24.4. The van der Waals surface area contributed by atoms with E-state index < -0.39 is 10.0 Å². The lowest BCUT2D eigenvalue weighted by atomic mass is 9.70. The summed E-state index contributed by atoms with van der Waals surface area (Å²) in [6.07, 6.45) is 6.98. The predicted molar refractivity (Wildman–Crippen MR) is 131 cm³/mol. The van der Waals surface area contributed by atoms with Crippen molar-refractivity contribution in [3.8, 4) is 5.75 Å².